The molecule has 1 aromatic heterocycles. The summed E-state index contributed by atoms with van der Waals surface area (Å²) in [6.07, 6.45) is 4.95. The van der Waals surface area contributed by atoms with E-state index >= 15 is 0 Å². The third-order valence-electron chi connectivity index (χ3n) is 7.38. The molecular weight excluding hydrogens is 566 g/mol. The zero-order chi connectivity index (χ0) is 32.1. The van der Waals surface area contributed by atoms with Crippen molar-refractivity contribution in [3.63, 3.8) is 0 Å². The van der Waals surface area contributed by atoms with Gasteiger partial charge >= 0.3 is 12.1 Å². The fraction of sp³-hybridized carbons (Fsp3) is 0.594. The highest BCUT2D eigenvalue weighted by Crippen LogP contribution is 2.25. The number of imidazole rings is 1. The van der Waals surface area contributed by atoms with E-state index in [0.717, 1.165) is 12.8 Å². The van der Waals surface area contributed by atoms with Gasteiger partial charge in [0.05, 0.1) is 13.1 Å². The molecule has 2 saturated heterocycles. The van der Waals surface area contributed by atoms with E-state index < -0.39 is 17.2 Å². The summed E-state index contributed by atoms with van der Waals surface area (Å²) in [5, 5.41) is 0. The average molecular weight is 612 g/mol. The Hall–Kier alpha value is -3.93. The number of piperazine rings is 1. The van der Waals surface area contributed by atoms with Crippen LogP contribution in [0.2, 0.25) is 0 Å². The molecule has 3 heterocycles. The lowest BCUT2D eigenvalue weighted by Crippen LogP contribution is -2.56. The number of nitrogens with zero attached hydrogens (tertiary/aromatic N) is 4. The second kappa shape index (κ2) is 13.8. The summed E-state index contributed by atoms with van der Waals surface area (Å²) in [6, 6.07) is 5.25. The van der Waals surface area contributed by atoms with Crippen molar-refractivity contribution in [2.45, 2.75) is 78.0 Å². The molecule has 12 nitrogen and oxygen atoms in total. The van der Waals surface area contributed by atoms with Gasteiger partial charge in [-0.25, -0.2) is 14.6 Å². The van der Waals surface area contributed by atoms with E-state index in [2.05, 4.69) is 14.9 Å². The molecule has 44 heavy (non-hydrogen) atoms. The van der Waals surface area contributed by atoms with Gasteiger partial charge in [-0.05, 0) is 72.6 Å². The molecule has 0 spiro atoms. The molecule has 0 aliphatic carbocycles. The summed E-state index contributed by atoms with van der Waals surface area (Å²) in [5.41, 5.74) is -0.0351. The molecule has 1 N–H and O–H groups in total. The second-order valence-electron chi connectivity index (χ2n) is 13.3. The van der Waals surface area contributed by atoms with Crippen LogP contribution in [0.15, 0.2) is 30.6 Å². The van der Waals surface area contributed by atoms with Crippen molar-refractivity contribution in [2.75, 3.05) is 45.9 Å². The van der Waals surface area contributed by atoms with Crippen LogP contribution in [0.5, 0.6) is 5.75 Å². The molecule has 0 radical (unpaired) electrons. The van der Waals surface area contributed by atoms with Crippen molar-refractivity contribution < 1.29 is 33.4 Å². The number of benzene rings is 1. The van der Waals surface area contributed by atoms with Gasteiger partial charge in [-0.2, -0.15) is 0 Å². The van der Waals surface area contributed by atoms with Gasteiger partial charge in [0.15, 0.2) is 12.4 Å². The number of aromatic amines is 1. The van der Waals surface area contributed by atoms with E-state index in [0.29, 0.717) is 55.3 Å². The minimum absolute atomic E-state index is 0.0257. The smallest absolute Gasteiger partial charge is 0.410 e. The Morgan fingerprint density at radius 2 is 1.68 bits per heavy atom. The second-order valence-corrected chi connectivity index (χ2v) is 13.3. The summed E-state index contributed by atoms with van der Waals surface area (Å²) in [6.45, 7) is 13.2. The van der Waals surface area contributed by atoms with Crippen LogP contribution in [-0.4, -0.2) is 112 Å². The molecule has 2 fully saturated rings. The van der Waals surface area contributed by atoms with E-state index in [-0.39, 0.29) is 43.5 Å². The predicted octanol–water partition coefficient (Wildman–Crippen LogP) is 3.45. The van der Waals surface area contributed by atoms with Gasteiger partial charge in [-0.15, -0.1) is 0 Å². The number of carbonyl (C=O) groups is 4. The predicted molar refractivity (Wildman–Crippen MR) is 162 cm³/mol. The van der Waals surface area contributed by atoms with Crippen molar-refractivity contribution in [3.8, 4) is 5.75 Å². The van der Waals surface area contributed by atoms with Gasteiger partial charge < -0.3 is 29.0 Å². The molecular formula is C32H45N5O7. The number of ketones is 1. The van der Waals surface area contributed by atoms with Crippen molar-refractivity contribution in [3.05, 3.63) is 47.5 Å². The minimum atomic E-state index is -0.629. The Morgan fingerprint density at radius 3 is 2.30 bits per heavy atom. The highest BCUT2D eigenvalue weighted by atomic mass is 16.6. The first kappa shape index (κ1) is 33.0. The summed E-state index contributed by atoms with van der Waals surface area (Å²) >= 11 is 0. The molecule has 2 amide bonds. The van der Waals surface area contributed by atoms with Crippen LogP contribution in [-0.2, 0) is 25.5 Å². The fourth-order valence-electron chi connectivity index (χ4n) is 5.32. The number of nitrogens with one attached hydrogen (secondary N) is 1. The molecule has 4 rings (SSSR count). The topological polar surface area (TPSA) is 134 Å². The SMILES string of the molecule is CC(C)(C)OC(=O)COc1ccc(C(=O)CN2CCN(C3CCN(C(=O)OC(C)(C)C)CC3)CC2=O)cc1Cc1ncc[nH]1. The average Bonchev–Trinajstić information content (AvgIpc) is 3.45. The van der Waals surface area contributed by atoms with Crippen molar-refractivity contribution in [1.29, 1.82) is 0 Å². The maximum absolute atomic E-state index is 13.3. The number of piperidine rings is 1. The molecule has 0 bridgehead atoms. The third kappa shape index (κ3) is 9.54. The number of hydrogen-bond donors (Lipinski definition) is 1. The van der Waals surface area contributed by atoms with E-state index in [9.17, 15) is 19.2 Å². The highest BCUT2D eigenvalue weighted by molar-refractivity contribution is 6.00. The highest BCUT2D eigenvalue weighted by Gasteiger charge is 2.34. The third-order valence-corrected chi connectivity index (χ3v) is 7.38. The van der Waals surface area contributed by atoms with E-state index in [1.807, 2.05) is 20.8 Å². The van der Waals surface area contributed by atoms with Gasteiger partial charge in [-0.1, -0.05) is 0 Å². The molecule has 0 atom stereocenters. The van der Waals surface area contributed by atoms with Crippen molar-refractivity contribution in [2.24, 2.45) is 0 Å². The quantitative estimate of drug-likeness (QED) is 0.334. The van der Waals surface area contributed by atoms with Gasteiger partial charge in [0.2, 0.25) is 5.91 Å². The van der Waals surface area contributed by atoms with Gasteiger partial charge in [0, 0.05) is 62.2 Å². The molecule has 1 aromatic carbocycles. The maximum Gasteiger partial charge on any atom is 0.410 e. The van der Waals surface area contributed by atoms with Crippen LogP contribution in [0, 0.1) is 0 Å². The summed E-state index contributed by atoms with van der Waals surface area (Å²) < 4.78 is 16.6. The Labute approximate surface area is 259 Å². The molecule has 12 heteroatoms. The first-order valence-corrected chi connectivity index (χ1v) is 15.2. The number of esters is 1. The number of rotatable bonds is 9. The summed E-state index contributed by atoms with van der Waals surface area (Å²) in [7, 11) is 0. The number of likely N-dealkylation sites (tertiary alicyclic amines) is 1. The lowest BCUT2D eigenvalue weighted by molar-refractivity contribution is -0.157. The number of aromatic nitrogens is 2. The number of carbonyl (C=O) groups excluding carboxylic acids is 4. The minimum Gasteiger partial charge on any atom is -0.482 e. The number of amides is 2. The standard InChI is InChI=1S/C32H45N5O7/c1-31(2,3)43-29(40)21-42-26-8-7-22(17-23(26)18-27-33-11-12-34-27)25(38)19-37-16-15-36(20-28(37)39)24-9-13-35(14-10-24)30(41)44-32(4,5)6/h7-8,11-12,17,24H,9-10,13-16,18-21H2,1-6H3,(H,33,34). The number of hydrogen-bond acceptors (Lipinski definition) is 9. The molecule has 240 valence electrons. The number of ether oxygens (including phenoxy) is 3. The molecule has 0 saturated carbocycles. The van der Waals surface area contributed by atoms with Crippen molar-refractivity contribution in [1.82, 2.24) is 24.7 Å². The summed E-state index contributed by atoms with van der Waals surface area (Å²) in [4.78, 5) is 63.9. The van der Waals surface area contributed by atoms with E-state index in [1.54, 1.807) is 61.2 Å². The zero-order valence-electron chi connectivity index (χ0n) is 26.7. The van der Waals surface area contributed by atoms with Crippen LogP contribution < -0.4 is 4.74 Å². The number of H-pyrrole nitrogens is 1. The Morgan fingerprint density at radius 1 is 0.977 bits per heavy atom. The van der Waals surface area contributed by atoms with E-state index in [4.69, 9.17) is 14.2 Å². The van der Waals surface area contributed by atoms with Crippen LogP contribution in [0.4, 0.5) is 4.79 Å². The monoisotopic (exact) mass is 611 g/mol. The normalized spacial score (nSPS) is 17.0. The molecule has 2 aliphatic rings. The fourth-order valence-corrected chi connectivity index (χ4v) is 5.32. The maximum atomic E-state index is 13.3. The first-order chi connectivity index (χ1) is 20.7. The Bertz CT molecular complexity index is 1320. The van der Waals surface area contributed by atoms with Crippen LogP contribution >= 0.6 is 0 Å². The Kier molecular flexibility index (Phi) is 10.3. The van der Waals surface area contributed by atoms with E-state index in [1.165, 1.54) is 0 Å². The van der Waals surface area contributed by atoms with Gasteiger partial charge in [0.25, 0.3) is 0 Å². The lowest BCUT2D eigenvalue weighted by atomic mass is 10.0. The van der Waals surface area contributed by atoms with Gasteiger partial charge in [0.1, 0.15) is 22.8 Å². The first-order valence-electron chi connectivity index (χ1n) is 15.2. The summed E-state index contributed by atoms with van der Waals surface area (Å²) in [5.74, 6) is 0.364. The van der Waals surface area contributed by atoms with Crippen LogP contribution in [0.3, 0.4) is 0 Å². The molecule has 2 aromatic rings. The zero-order valence-corrected chi connectivity index (χ0v) is 26.7. The lowest BCUT2D eigenvalue weighted by Gasteiger charge is -2.42. The Balaban J connectivity index is 1.33. The van der Waals surface area contributed by atoms with Crippen molar-refractivity contribution >= 4 is 23.8 Å². The van der Waals surface area contributed by atoms with Crippen LogP contribution in [0.25, 0.3) is 0 Å². The van der Waals surface area contributed by atoms with Crippen LogP contribution in [0.1, 0.15) is 76.1 Å². The number of Topliss-reactive ketones (excluding diaryl/α,β-unsaturated/α-hetero) is 1. The molecule has 0 unspecified atom stereocenters. The molecule has 2 aliphatic heterocycles. The van der Waals surface area contributed by atoms with Gasteiger partial charge in [-0.3, -0.25) is 14.5 Å². The largest absolute Gasteiger partial charge is 0.482 e.